The van der Waals surface area contributed by atoms with Crippen molar-refractivity contribution in [1.29, 1.82) is 0 Å². The second-order valence-electron chi connectivity index (χ2n) is 7.24. The predicted octanol–water partition coefficient (Wildman–Crippen LogP) is 3.18. The van der Waals surface area contributed by atoms with E-state index < -0.39 is 0 Å². The highest BCUT2D eigenvalue weighted by molar-refractivity contribution is 5.38. The summed E-state index contributed by atoms with van der Waals surface area (Å²) in [6.45, 7) is 3.21. The van der Waals surface area contributed by atoms with E-state index in [1.54, 1.807) is 0 Å². The van der Waals surface area contributed by atoms with Crippen LogP contribution in [0.5, 0.6) is 0 Å². The number of fused-ring (bicyclic) bond motifs is 1. The van der Waals surface area contributed by atoms with Gasteiger partial charge < -0.3 is 14.2 Å². The van der Waals surface area contributed by atoms with Gasteiger partial charge in [-0.15, -0.1) is 10.2 Å². The summed E-state index contributed by atoms with van der Waals surface area (Å²) in [4.78, 5) is 6.85. The number of aromatic nitrogens is 4. The Balaban J connectivity index is 1.39. The van der Waals surface area contributed by atoms with Crippen molar-refractivity contribution in [2.75, 3.05) is 24.6 Å². The van der Waals surface area contributed by atoms with Crippen LogP contribution in [0, 0.1) is 0 Å². The van der Waals surface area contributed by atoms with Crippen molar-refractivity contribution in [3.8, 4) is 0 Å². The van der Waals surface area contributed by atoms with Crippen LogP contribution in [0.15, 0.2) is 54.7 Å². The Morgan fingerprint density at radius 3 is 2.52 bits per heavy atom. The van der Waals surface area contributed by atoms with Crippen LogP contribution >= 0.6 is 0 Å². The summed E-state index contributed by atoms with van der Waals surface area (Å²) < 4.78 is 8.13. The molecule has 1 fully saturated rings. The molecule has 0 bridgehead atoms. The predicted molar refractivity (Wildman–Crippen MR) is 103 cm³/mol. The molecule has 0 radical (unpaired) electrons. The van der Waals surface area contributed by atoms with Gasteiger partial charge in [-0.25, -0.2) is 4.98 Å². The summed E-state index contributed by atoms with van der Waals surface area (Å²) in [7, 11) is 0. The Morgan fingerprint density at radius 1 is 0.926 bits per heavy atom. The van der Waals surface area contributed by atoms with Gasteiger partial charge in [-0.3, -0.25) is 0 Å². The van der Waals surface area contributed by atoms with Gasteiger partial charge in [0, 0.05) is 25.2 Å². The molecule has 6 nitrogen and oxygen atoms in total. The standard InChI is InChI=1S/C21H23N5O/c1-2-6-16(7-3-1)18-14-27-15-20-23-24-21(26(18)20)17-9-12-25(13-10-17)19-8-4-5-11-22-19/h1-8,11,17-18H,9-10,12-15H2/t18-/m1/s1. The number of pyridine rings is 1. The average Bonchev–Trinajstić information content (AvgIpc) is 3.19. The van der Waals surface area contributed by atoms with Crippen LogP contribution in [0.4, 0.5) is 5.82 Å². The average molecular weight is 361 g/mol. The van der Waals surface area contributed by atoms with Crippen molar-refractivity contribution in [2.45, 2.75) is 31.4 Å². The highest BCUT2D eigenvalue weighted by atomic mass is 16.5. The van der Waals surface area contributed by atoms with E-state index in [0.29, 0.717) is 19.1 Å². The molecular weight excluding hydrogens is 338 g/mol. The molecule has 1 aromatic carbocycles. The van der Waals surface area contributed by atoms with Gasteiger partial charge in [0.25, 0.3) is 0 Å². The third kappa shape index (κ3) is 3.10. The minimum atomic E-state index is 0.161. The topological polar surface area (TPSA) is 56.1 Å². The van der Waals surface area contributed by atoms with Gasteiger partial charge in [0.05, 0.1) is 12.6 Å². The Labute approximate surface area is 158 Å². The smallest absolute Gasteiger partial charge is 0.159 e. The molecule has 2 aliphatic heterocycles. The minimum Gasteiger partial charge on any atom is -0.371 e. The number of piperidine rings is 1. The normalized spacial score (nSPS) is 20.4. The molecule has 1 atom stereocenters. The van der Waals surface area contributed by atoms with Crippen molar-refractivity contribution in [1.82, 2.24) is 19.7 Å². The third-order valence-electron chi connectivity index (χ3n) is 5.63. The van der Waals surface area contributed by atoms with Crippen LogP contribution in [0.25, 0.3) is 0 Å². The first-order valence-corrected chi connectivity index (χ1v) is 9.62. The minimum absolute atomic E-state index is 0.161. The van der Waals surface area contributed by atoms with Gasteiger partial charge in [-0.05, 0) is 30.5 Å². The molecule has 2 aliphatic rings. The van der Waals surface area contributed by atoms with E-state index in [1.807, 2.05) is 18.3 Å². The third-order valence-corrected chi connectivity index (χ3v) is 5.63. The maximum Gasteiger partial charge on any atom is 0.159 e. The molecule has 138 valence electrons. The quantitative estimate of drug-likeness (QED) is 0.717. The fourth-order valence-electron chi connectivity index (χ4n) is 4.22. The zero-order valence-electron chi connectivity index (χ0n) is 15.2. The lowest BCUT2D eigenvalue weighted by atomic mass is 9.95. The Bertz CT molecular complexity index is 887. The molecule has 0 amide bonds. The molecule has 2 aromatic heterocycles. The van der Waals surface area contributed by atoms with Crippen LogP contribution in [-0.4, -0.2) is 39.4 Å². The van der Waals surface area contributed by atoms with Crippen molar-refractivity contribution in [3.63, 3.8) is 0 Å². The van der Waals surface area contributed by atoms with Crippen LogP contribution in [-0.2, 0) is 11.3 Å². The van der Waals surface area contributed by atoms with E-state index in [0.717, 1.165) is 43.4 Å². The van der Waals surface area contributed by atoms with Gasteiger partial charge in [0.1, 0.15) is 18.2 Å². The van der Waals surface area contributed by atoms with Crippen molar-refractivity contribution >= 4 is 5.82 Å². The second-order valence-corrected chi connectivity index (χ2v) is 7.24. The summed E-state index contributed by atoms with van der Waals surface area (Å²) in [5, 5.41) is 9.04. The zero-order valence-corrected chi connectivity index (χ0v) is 15.2. The van der Waals surface area contributed by atoms with E-state index in [-0.39, 0.29) is 6.04 Å². The summed E-state index contributed by atoms with van der Waals surface area (Å²) in [6, 6.07) is 16.8. The van der Waals surface area contributed by atoms with Crippen LogP contribution < -0.4 is 4.90 Å². The van der Waals surface area contributed by atoms with Crippen LogP contribution in [0.1, 0.15) is 42.0 Å². The van der Waals surface area contributed by atoms with Crippen molar-refractivity contribution in [3.05, 3.63) is 71.9 Å². The largest absolute Gasteiger partial charge is 0.371 e. The van der Waals surface area contributed by atoms with E-state index in [9.17, 15) is 0 Å². The lowest BCUT2D eigenvalue weighted by Crippen LogP contribution is -2.35. The fourth-order valence-corrected chi connectivity index (χ4v) is 4.22. The second kappa shape index (κ2) is 7.12. The maximum atomic E-state index is 5.80. The molecular formula is C21H23N5O. The molecule has 6 heteroatoms. The lowest BCUT2D eigenvalue weighted by Gasteiger charge is -2.34. The Morgan fingerprint density at radius 2 is 1.74 bits per heavy atom. The lowest BCUT2D eigenvalue weighted by molar-refractivity contribution is 0.0645. The summed E-state index contributed by atoms with van der Waals surface area (Å²) >= 11 is 0. The van der Waals surface area contributed by atoms with Crippen molar-refractivity contribution < 1.29 is 4.74 Å². The molecule has 0 spiro atoms. The molecule has 4 heterocycles. The van der Waals surface area contributed by atoms with E-state index in [2.05, 4.69) is 61.0 Å². The molecule has 0 unspecified atom stereocenters. The van der Waals surface area contributed by atoms with E-state index >= 15 is 0 Å². The Hall–Kier alpha value is -2.73. The number of rotatable bonds is 3. The summed E-state index contributed by atoms with van der Waals surface area (Å²) in [6.07, 6.45) is 3.99. The number of anilines is 1. The molecule has 27 heavy (non-hydrogen) atoms. The van der Waals surface area contributed by atoms with Gasteiger partial charge in [-0.2, -0.15) is 0 Å². The first-order chi connectivity index (χ1) is 13.4. The molecule has 1 saturated heterocycles. The van der Waals surface area contributed by atoms with Gasteiger partial charge in [-0.1, -0.05) is 36.4 Å². The number of hydrogen-bond acceptors (Lipinski definition) is 5. The zero-order chi connectivity index (χ0) is 18.1. The molecule has 0 aliphatic carbocycles. The van der Waals surface area contributed by atoms with Gasteiger partial charge in [0.2, 0.25) is 0 Å². The SMILES string of the molecule is c1ccc([C@H]2COCc3nnc(C4CCN(c5ccccn5)CC4)n32)cc1. The monoisotopic (exact) mass is 361 g/mol. The molecule has 0 N–H and O–H groups in total. The Kier molecular flexibility index (Phi) is 4.33. The highest BCUT2D eigenvalue weighted by Gasteiger charge is 2.32. The molecule has 3 aromatic rings. The van der Waals surface area contributed by atoms with E-state index in [1.165, 1.54) is 5.56 Å². The number of ether oxygens (including phenoxy) is 1. The summed E-state index contributed by atoms with van der Waals surface area (Å²) in [5.41, 5.74) is 1.26. The number of benzene rings is 1. The first-order valence-electron chi connectivity index (χ1n) is 9.62. The van der Waals surface area contributed by atoms with Crippen LogP contribution in [0.2, 0.25) is 0 Å². The van der Waals surface area contributed by atoms with Crippen molar-refractivity contribution in [2.24, 2.45) is 0 Å². The molecule has 0 saturated carbocycles. The van der Waals surface area contributed by atoms with Crippen LogP contribution in [0.3, 0.4) is 0 Å². The fraction of sp³-hybridized carbons (Fsp3) is 0.381. The summed E-state index contributed by atoms with van der Waals surface area (Å²) in [5.74, 6) is 3.55. The van der Waals surface area contributed by atoms with Gasteiger partial charge in [0.15, 0.2) is 5.82 Å². The number of nitrogens with zero attached hydrogens (tertiary/aromatic N) is 5. The van der Waals surface area contributed by atoms with Gasteiger partial charge >= 0.3 is 0 Å². The first kappa shape index (κ1) is 16.4. The maximum absolute atomic E-state index is 5.80. The van der Waals surface area contributed by atoms with E-state index in [4.69, 9.17) is 4.74 Å². The molecule has 5 rings (SSSR count). The number of hydrogen-bond donors (Lipinski definition) is 0. The highest BCUT2D eigenvalue weighted by Crippen LogP contribution is 2.34.